The van der Waals surface area contributed by atoms with E-state index in [-0.39, 0.29) is 0 Å². The second kappa shape index (κ2) is 4.37. The number of hydrogen-bond donors (Lipinski definition) is 1. The van der Waals surface area contributed by atoms with Crippen molar-refractivity contribution in [1.29, 1.82) is 0 Å². The number of thiophene rings is 1. The quantitative estimate of drug-likeness (QED) is 0.940. The van der Waals surface area contributed by atoms with Gasteiger partial charge in [-0.1, -0.05) is 11.3 Å². The summed E-state index contributed by atoms with van der Waals surface area (Å²) in [6, 6.07) is 0. The van der Waals surface area contributed by atoms with Gasteiger partial charge in [0.2, 0.25) is 5.13 Å². The number of aromatic nitrogens is 2. The fraction of sp³-hybridized carbons (Fsp3) is 0.250. The summed E-state index contributed by atoms with van der Waals surface area (Å²) >= 11 is 6.71. The van der Waals surface area contributed by atoms with Crippen LogP contribution in [0.2, 0.25) is 0 Å². The van der Waals surface area contributed by atoms with Crippen molar-refractivity contribution in [2.24, 2.45) is 0 Å². The van der Waals surface area contributed by atoms with E-state index < -0.39 is 0 Å². The molecule has 0 unspecified atom stereocenters. The van der Waals surface area contributed by atoms with Crippen LogP contribution in [0.15, 0.2) is 15.2 Å². The summed E-state index contributed by atoms with van der Waals surface area (Å²) in [6.07, 6.45) is 0. The molecule has 2 rings (SSSR count). The van der Waals surface area contributed by atoms with Crippen LogP contribution >= 0.6 is 38.6 Å². The third-order valence-corrected chi connectivity index (χ3v) is 4.22. The van der Waals surface area contributed by atoms with Crippen LogP contribution in [0.25, 0.3) is 10.6 Å². The van der Waals surface area contributed by atoms with Gasteiger partial charge in [-0.25, -0.2) is 0 Å². The van der Waals surface area contributed by atoms with Crippen molar-refractivity contribution in [3.8, 4) is 10.6 Å². The van der Waals surface area contributed by atoms with E-state index in [4.69, 9.17) is 0 Å². The fourth-order valence-corrected chi connectivity index (χ4v) is 3.50. The van der Waals surface area contributed by atoms with Gasteiger partial charge < -0.3 is 5.32 Å². The van der Waals surface area contributed by atoms with Gasteiger partial charge >= 0.3 is 0 Å². The molecule has 0 atom stereocenters. The van der Waals surface area contributed by atoms with Crippen LogP contribution in [-0.2, 0) is 0 Å². The summed E-state index contributed by atoms with van der Waals surface area (Å²) in [7, 11) is 0. The third-order valence-electron chi connectivity index (χ3n) is 1.60. The summed E-state index contributed by atoms with van der Waals surface area (Å²) in [5.74, 6) is 0. The second-order valence-electron chi connectivity index (χ2n) is 2.58. The van der Waals surface area contributed by atoms with E-state index in [1.165, 1.54) is 0 Å². The van der Waals surface area contributed by atoms with Crippen LogP contribution in [-0.4, -0.2) is 16.7 Å². The molecular formula is C8H8BrN3S2. The Kier molecular flexibility index (Phi) is 3.15. The summed E-state index contributed by atoms with van der Waals surface area (Å²) in [4.78, 5) is 0. The maximum absolute atomic E-state index is 4.12. The molecule has 0 fully saturated rings. The number of anilines is 1. The maximum Gasteiger partial charge on any atom is 0.205 e. The topological polar surface area (TPSA) is 37.8 Å². The minimum Gasteiger partial charge on any atom is -0.360 e. The minimum absolute atomic E-state index is 0.874. The van der Waals surface area contributed by atoms with Gasteiger partial charge in [-0.2, -0.15) is 11.3 Å². The molecule has 2 aromatic rings. The van der Waals surface area contributed by atoms with Gasteiger partial charge in [0, 0.05) is 27.3 Å². The highest BCUT2D eigenvalue weighted by Gasteiger charge is 2.09. The molecular weight excluding hydrogens is 282 g/mol. The molecule has 0 amide bonds. The summed E-state index contributed by atoms with van der Waals surface area (Å²) in [5.41, 5.74) is 1.12. The van der Waals surface area contributed by atoms with Gasteiger partial charge in [-0.15, -0.1) is 10.2 Å². The Morgan fingerprint density at radius 1 is 1.43 bits per heavy atom. The van der Waals surface area contributed by atoms with Gasteiger partial charge in [-0.05, 0) is 22.9 Å². The zero-order valence-corrected chi connectivity index (χ0v) is 10.7. The lowest BCUT2D eigenvalue weighted by atomic mass is 10.4. The minimum atomic E-state index is 0.874. The zero-order valence-electron chi connectivity index (χ0n) is 7.45. The molecule has 0 saturated heterocycles. The number of rotatable bonds is 3. The Bertz CT molecular complexity index is 424. The van der Waals surface area contributed by atoms with E-state index >= 15 is 0 Å². The number of nitrogens with one attached hydrogen (secondary N) is 1. The van der Waals surface area contributed by atoms with Gasteiger partial charge in [0.05, 0.1) is 0 Å². The third kappa shape index (κ3) is 1.97. The van der Waals surface area contributed by atoms with Gasteiger partial charge in [0.15, 0.2) is 5.01 Å². The van der Waals surface area contributed by atoms with Crippen molar-refractivity contribution in [3.05, 3.63) is 15.2 Å². The molecule has 0 aromatic carbocycles. The number of hydrogen-bond acceptors (Lipinski definition) is 5. The molecule has 1 N–H and O–H groups in total. The average Bonchev–Trinajstić information content (AvgIpc) is 2.74. The predicted molar refractivity (Wildman–Crippen MR) is 65.1 cm³/mol. The first-order valence-corrected chi connectivity index (χ1v) is 6.66. The van der Waals surface area contributed by atoms with Crippen LogP contribution in [0.4, 0.5) is 5.13 Å². The fourth-order valence-electron chi connectivity index (χ4n) is 0.989. The second-order valence-corrected chi connectivity index (χ2v) is 5.15. The molecule has 3 nitrogen and oxygen atoms in total. The SMILES string of the molecule is CCNc1nnc(-c2cscc2Br)s1. The van der Waals surface area contributed by atoms with Crippen molar-refractivity contribution in [2.45, 2.75) is 6.92 Å². The zero-order chi connectivity index (χ0) is 9.97. The molecule has 14 heavy (non-hydrogen) atoms. The molecule has 0 aliphatic carbocycles. The largest absolute Gasteiger partial charge is 0.360 e. The van der Waals surface area contributed by atoms with Gasteiger partial charge in [0.25, 0.3) is 0 Å². The molecule has 2 heterocycles. The lowest BCUT2D eigenvalue weighted by Gasteiger charge is -1.92. The molecule has 2 aromatic heterocycles. The van der Waals surface area contributed by atoms with Crippen molar-refractivity contribution in [1.82, 2.24) is 10.2 Å². The Labute approximate surface area is 98.3 Å². The highest BCUT2D eigenvalue weighted by Crippen LogP contribution is 2.34. The normalized spacial score (nSPS) is 10.4. The Morgan fingerprint density at radius 3 is 2.93 bits per heavy atom. The lowest BCUT2D eigenvalue weighted by molar-refractivity contribution is 1.07. The summed E-state index contributed by atoms with van der Waals surface area (Å²) in [6.45, 7) is 2.92. The van der Waals surface area contributed by atoms with E-state index in [1.807, 2.05) is 12.3 Å². The molecule has 0 aliphatic heterocycles. The van der Waals surface area contributed by atoms with Gasteiger partial charge in [-0.3, -0.25) is 0 Å². The number of halogens is 1. The van der Waals surface area contributed by atoms with Crippen LogP contribution in [0.1, 0.15) is 6.92 Å². The Morgan fingerprint density at radius 2 is 2.29 bits per heavy atom. The van der Waals surface area contributed by atoms with Crippen LogP contribution in [0.5, 0.6) is 0 Å². The van der Waals surface area contributed by atoms with E-state index in [0.29, 0.717) is 0 Å². The smallest absolute Gasteiger partial charge is 0.205 e. The van der Waals surface area contributed by atoms with Crippen molar-refractivity contribution >= 4 is 43.7 Å². The van der Waals surface area contributed by atoms with Crippen molar-refractivity contribution in [2.75, 3.05) is 11.9 Å². The van der Waals surface area contributed by atoms with E-state index in [1.54, 1.807) is 22.7 Å². The van der Waals surface area contributed by atoms with Crippen molar-refractivity contribution in [3.63, 3.8) is 0 Å². The maximum atomic E-state index is 4.12. The molecule has 0 aliphatic rings. The highest BCUT2D eigenvalue weighted by molar-refractivity contribution is 9.10. The summed E-state index contributed by atoms with van der Waals surface area (Å²) < 4.78 is 1.08. The van der Waals surface area contributed by atoms with E-state index in [2.05, 4.69) is 36.8 Å². The van der Waals surface area contributed by atoms with Crippen LogP contribution < -0.4 is 5.32 Å². The van der Waals surface area contributed by atoms with Crippen molar-refractivity contribution < 1.29 is 0 Å². The summed E-state index contributed by atoms with van der Waals surface area (Å²) in [5, 5.41) is 17.3. The highest BCUT2D eigenvalue weighted by atomic mass is 79.9. The molecule has 0 spiro atoms. The first-order chi connectivity index (χ1) is 6.81. The standard InChI is InChI=1S/C8H8BrN3S2/c1-2-10-8-12-11-7(14-8)5-3-13-4-6(5)9/h3-4H,2H2,1H3,(H,10,12). The first kappa shape index (κ1) is 10.1. The Balaban J connectivity index is 2.29. The monoisotopic (exact) mass is 289 g/mol. The molecule has 74 valence electrons. The molecule has 0 bridgehead atoms. The van der Waals surface area contributed by atoms with E-state index in [0.717, 1.165) is 26.7 Å². The Hall–Kier alpha value is -0.460. The molecule has 0 radical (unpaired) electrons. The van der Waals surface area contributed by atoms with Crippen LogP contribution in [0.3, 0.4) is 0 Å². The average molecular weight is 290 g/mol. The van der Waals surface area contributed by atoms with Gasteiger partial charge in [0.1, 0.15) is 0 Å². The first-order valence-electron chi connectivity index (χ1n) is 4.10. The molecule has 6 heteroatoms. The van der Waals surface area contributed by atoms with E-state index in [9.17, 15) is 0 Å². The predicted octanol–water partition coefficient (Wildman–Crippen LogP) is 3.46. The number of nitrogens with zero attached hydrogens (tertiary/aromatic N) is 2. The molecule has 0 saturated carbocycles. The van der Waals surface area contributed by atoms with Crippen LogP contribution in [0, 0.1) is 0 Å². The lowest BCUT2D eigenvalue weighted by Crippen LogP contribution is -1.94.